The maximum absolute atomic E-state index is 15.1. The van der Waals surface area contributed by atoms with Crippen molar-refractivity contribution in [3.8, 4) is 11.3 Å². The molecule has 2 aromatic carbocycles. The number of aromatic nitrogens is 5. The molecule has 1 atom stereocenters. The topological polar surface area (TPSA) is 121 Å². The number of imide groups is 1. The normalized spacial score (nSPS) is 17.4. The summed E-state index contributed by atoms with van der Waals surface area (Å²) in [6.07, 6.45) is 3.35. The van der Waals surface area contributed by atoms with Gasteiger partial charge >= 0.3 is 0 Å². The Hall–Kier alpha value is -5.21. The van der Waals surface area contributed by atoms with Crippen molar-refractivity contribution >= 4 is 34.6 Å². The minimum absolute atomic E-state index is 0.0346. The van der Waals surface area contributed by atoms with Gasteiger partial charge in [0.2, 0.25) is 17.8 Å². The number of halogens is 3. The zero-order valence-corrected chi connectivity index (χ0v) is 28.6. The zero-order chi connectivity index (χ0) is 35.8. The van der Waals surface area contributed by atoms with Crippen molar-refractivity contribution < 1.29 is 22.8 Å². The third kappa shape index (κ3) is 7.33. The highest BCUT2D eigenvalue weighted by atomic mass is 19.1. The van der Waals surface area contributed by atoms with Gasteiger partial charge in [-0.3, -0.25) is 24.7 Å². The molecule has 0 spiro atoms. The predicted octanol–water partition coefficient (Wildman–Crippen LogP) is 5.78. The highest BCUT2D eigenvalue weighted by Crippen LogP contribution is 2.31. The number of benzene rings is 2. The van der Waals surface area contributed by atoms with E-state index in [1.54, 1.807) is 24.4 Å². The zero-order valence-electron chi connectivity index (χ0n) is 28.6. The second-order valence-corrected chi connectivity index (χ2v) is 13.4. The average Bonchev–Trinajstić information content (AvgIpc) is 3.44. The molecule has 2 aliphatic rings. The first-order chi connectivity index (χ1) is 24.5. The van der Waals surface area contributed by atoms with E-state index in [1.165, 1.54) is 12.1 Å². The number of nitrogens with zero attached hydrogens (tertiary/aromatic N) is 7. The van der Waals surface area contributed by atoms with Crippen LogP contribution in [0.4, 0.5) is 24.9 Å². The third-order valence-electron chi connectivity index (χ3n) is 9.48. The summed E-state index contributed by atoms with van der Waals surface area (Å²) in [5.41, 5.74) is 3.23. The lowest BCUT2D eigenvalue weighted by molar-refractivity contribution is -0.134. The van der Waals surface area contributed by atoms with Gasteiger partial charge in [0.1, 0.15) is 28.7 Å². The fourth-order valence-electron chi connectivity index (χ4n) is 6.96. The smallest absolute Gasteiger partial charge is 0.234 e. The van der Waals surface area contributed by atoms with Crippen LogP contribution < -0.4 is 10.6 Å². The number of anilines is 2. The number of nitrogens with one attached hydrogen (secondary N) is 2. The largest absolute Gasteiger partial charge is 0.326 e. The Labute approximate surface area is 292 Å². The molecule has 2 amide bonds. The molecule has 0 saturated carbocycles. The Bertz CT molecular complexity index is 2110. The van der Waals surface area contributed by atoms with Crippen LogP contribution in [0.2, 0.25) is 0 Å². The molecule has 264 valence electrons. The summed E-state index contributed by atoms with van der Waals surface area (Å²) < 4.78 is 46.9. The standard InChI is InChI=1S/C37H38F3N9O2/c1-21(2)49-22(3)43-35-29(39)15-25(16-31(35)49)34-30(40)18-42-37(46-34)44-32-8-5-24(17-41-32)20-48-12-10-47(11-13-48)19-23-4-6-26(28(38)14-23)27-7-9-33(50)45-36(27)51/h4-6,8,14-18,21,27H,7,9-13,19-20H2,1-3H3,(H,45,50,51)(H,41,42,44,46). The maximum Gasteiger partial charge on any atom is 0.234 e. The number of pyridine rings is 1. The summed E-state index contributed by atoms with van der Waals surface area (Å²) in [5, 5.41) is 5.32. The first-order valence-corrected chi connectivity index (χ1v) is 17.0. The molecular formula is C37H38F3N9O2. The lowest BCUT2D eigenvalue weighted by atomic mass is 9.89. The molecular weight excluding hydrogens is 659 g/mol. The van der Waals surface area contributed by atoms with E-state index in [0.29, 0.717) is 42.2 Å². The van der Waals surface area contributed by atoms with Crippen LogP contribution in [0.3, 0.4) is 0 Å². The fourth-order valence-corrected chi connectivity index (χ4v) is 6.96. The second kappa shape index (κ2) is 14.2. The van der Waals surface area contributed by atoms with Crippen molar-refractivity contribution in [2.45, 2.75) is 58.7 Å². The minimum atomic E-state index is -0.676. The third-order valence-corrected chi connectivity index (χ3v) is 9.48. The molecule has 1 unspecified atom stereocenters. The van der Waals surface area contributed by atoms with Crippen LogP contribution in [0.1, 0.15) is 61.2 Å². The van der Waals surface area contributed by atoms with E-state index in [1.807, 2.05) is 37.5 Å². The number of hydrogen-bond acceptors (Lipinski definition) is 9. The Morgan fingerprint density at radius 3 is 2.25 bits per heavy atom. The fraction of sp³-hybridized carbons (Fsp3) is 0.351. The molecule has 2 saturated heterocycles. The molecule has 0 radical (unpaired) electrons. The molecule has 5 heterocycles. The number of rotatable bonds is 9. The van der Waals surface area contributed by atoms with E-state index >= 15 is 4.39 Å². The summed E-state index contributed by atoms with van der Waals surface area (Å²) in [6, 6.07) is 11.8. The molecule has 51 heavy (non-hydrogen) atoms. The van der Waals surface area contributed by atoms with Crippen LogP contribution in [-0.4, -0.2) is 72.3 Å². The Morgan fingerprint density at radius 1 is 0.863 bits per heavy atom. The van der Waals surface area contributed by atoms with Crippen LogP contribution >= 0.6 is 0 Å². The minimum Gasteiger partial charge on any atom is -0.326 e. The van der Waals surface area contributed by atoms with Crippen molar-refractivity contribution in [3.05, 3.63) is 94.8 Å². The summed E-state index contributed by atoms with van der Waals surface area (Å²) in [5.74, 6) is -1.78. The number of aryl methyl sites for hydroxylation is 1. The Balaban J connectivity index is 0.942. The number of piperidine rings is 1. The molecule has 7 rings (SSSR count). The molecule has 3 aromatic heterocycles. The van der Waals surface area contributed by atoms with Crippen LogP contribution in [-0.2, 0) is 22.7 Å². The van der Waals surface area contributed by atoms with E-state index in [9.17, 15) is 18.4 Å². The van der Waals surface area contributed by atoms with Crippen molar-refractivity contribution in [1.82, 2.24) is 39.6 Å². The number of fused-ring (bicyclic) bond motifs is 1. The van der Waals surface area contributed by atoms with E-state index < -0.39 is 29.3 Å². The van der Waals surface area contributed by atoms with Crippen molar-refractivity contribution in [3.63, 3.8) is 0 Å². The van der Waals surface area contributed by atoms with Gasteiger partial charge in [-0.15, -0.1) is 0 Å². The summed E-state index contributed by atoms with van der Waals surface area (Å²) in [6.45, 7) is 10.3. The van der Waals surface area contributed by atoms with Gasteiger partial charge < -0.3 is 9.88 Å². The molecule has 0 aliphatic carbocycles. The van der Waals surface area contributed by atoms with Gasteiger partial charge in [0, 0.05) is 69.1 Å². The first-order valence-electron chi connectivity index (χ1n) is 17.0. The quantitative estimate of drug-likeness (QED) is 0.185. The van der Waals surface area contributed by atoms with Crippen molar-refractivity contribution in [2.75, 3.05) is 31.5 Å². The number of carbonyl (C=O) groups excluding carboxylic acids is 2. The molecule has 5 aromatic rings. The monoisotopic (exact) mass is 697 g/mol. The molecule has 11 nitrogen and oxygen atoms in total. The Kier molecular flexibility index (Phi) is 9.53. The summed E-state index contributed by atoms with van der Waals surface area (Å²) in [7, 11) is 0. The average molecular weight is 698 g/mol. The predicted molar refractivity (Wildman–Crippen MR) is 185 cm³/mol. The van der Waals surface area contributed by atoms with Crippen molar-refractivity contribution in [2.24, 2.45) is 0 Å². The van der Waals surface area contributed by atoms with Gasteiger partial charge in [0.05, 0.1) is 17.6 Å². The molecule has 0 bridgehead atoms. The van der Waals surface area contributed by atoms with Crippen molar-refractivity contribution in [1.29, 1.82) is 0 Å². The van der Waals surface area contributed by atoms with Gasteiger partial charge in [-0.25, -0.2) is 33.1 Å². The molecule has 14 heteroatoms. The summed E-state index contributed by atoms with van der Waals surface area (Å²) >= 11 is 0. The number of carbonyl (C=O) groups is 2. The maximum atomic E-state index is 15.1. The molecule has 2 aliphatic heterocycles. The van der Waals surface area contributed by atoms with Crippen LogP contribution in [0.15, 0.2) is 54.9 Å². The van der Waals surface area contributed by atoms with E-state index in [2.05, 4.69) is 40.4 Å². The Morgan fingerprint density at radius 2 is 1.59 bits per heavy atom. The van der Waals surface area contributed by atoms with Crippen LogP contribution in [0.25, 0.3) is 22.3 Å². The van der Waals surface area contributed by atoms with Gasteiger partial charge in [-0.1, -0.05) is 18.2 Å². The number of imidazole rings is 1. The number of amides is 2. The highest BCUT2D eigenvalue weighted by Gasteiger charge is 2.30. The van der Waals surface area contributed by atoms with Crippen LogP contribution in [0.5, 0.6) is 0 Å². The number of piperazine rings is 1. The number of hydrogen-bond donors (Lipinski definition) is 2. The SMILES string of the molecule is Cc1nc2c(F)cc(-c3nc(Nc4ccc(CN5CCN(Cc6ccc(C7CCC(=O)NC7=O)c(F)c6)CC5)cn4)ncc3F)cc2n1C(C)C. The van der Waals surface area contributed by atoms with Gasteiger partial charge in [-0.05, 0) is 62.6 Å². The summed E-state index contributed by atoms with van der Waals surface area (Å²) in [4.78, 5) is 45.5. The van der Waals surface area contributed by atoms with Gasteiger partial charge in [-0.2, -0.15) is 0 Å². The van der Waals surface area contributed by atoms with Gasteiger partial charge in [0.25, 0.3) is 0 Å². The molecule has 2 N–H and O–H groups in total. The van der Waals surface area contributed by atoms with Gasteiger partial charge in [0.15, 0.2) is 11.6 Å². The van der Waals surface area contributed by atoms with Crippen LogP contribution in [0, 0.1) is 24.4 Å². The first kappa shape index (κ1) is 34.2. The lowest BCUT2D eigenvalue weighted by Gasteiger charge is -2.34. The highest BCUT2D eigenvalue weighted by molar-refractivity contribution is 6.01. The second-order valence-electron chi connectivity index (χ2n) is 13.4. The lowest BCUT2D eigenvalue weighted by Crippen LogP contribution is -2.45. The van der Waals surface area contributed by atoms with E-state index in [-0.39, 0.29) is 41.1 Å². The van der Waals surface area contributed by atoms with E-state index in [4.69, 9.17) is 0 Å². The van der Waals surface area contributed by atoms with E-state index in [0.717, 1.165) is 43.5 Å². The molecule has 2 fully saturated rings.